The van der Waals surface area contributed by atoms with Gasteiger partial charge in [0.1, 0.15) is 6.10 Å². The molecule has 5 heteroatoms. The number of aromatic nitrogens is 1. The van der Waals surface area contributed by atoms with Crippen molar-refractivity contribution < 1.29 is 4.74 Å². The Bertz CT molecular complexity index is 367. The summed E-state index contributed by atoms with van der Waals surface area (Å²) >= 11 is 6.81. The fourth-order valence-electron chi connectivity index (χ4n) is 1.87. The molecule has 1 heterocycles. The molecule has 88 valence electrons. The summed E-state index contributed by atoms with van der Waals surface area (Å²) in [5.74, 6) is 1.44. The maximum Gasteiger partial charge on any atom is 0.228 e. The van der Waals surface area contributed by atoms with Gasteiger partial charge in [0.05, 0.1) is 4.47 Å². The molecule has 2 rings (SSSR count). The second-order valence-corrected chi connectivity index (χ2v) is 5.85. The highest BCUT2D eigenvalue weighted by atomic mass is 79.9. The molecule has 1 aromatic heterocycles. The lowest BCUT2D eigenvalue weighted by atomic mass is 9.82. The van der Waals surface area contributed by atoms with Crippen LogP contribution in [0, 0.1) is 5.92 Å². The molecule has 1 aromatic rings. The summed E-state index contributed by atoms with van der Waals surface area (Å²) in [4.78, 5) is 4.24. The number of ether oxygens (including phenoxy) is 1. The van der Waals surface area contributed by atoms with Gasteiger partial charge in [-0.3, -0.25) is 0 Å². The maximum atomic E-state index is 5.81. The van der Waals surface area contributed by atoms with Gasteiger partial charge in [0, 0.05) is 10.7 Å². The standard InChI is InChI=1S/C11H14Br2N2O/c1-14-5-7-2-9(3-7)16-11-10(13)4-8(12)6-15-11/h4,6-7,9,14H,2-3,5H2,1H3. The summed E-state index contributed by atoms with van der Waals surface area (Å²) in [6, 6.07) is 1.95. The number of halogens is 2. The predicted molar refractivity (Wildman–Crippen MR) is 70.7 cm³/mol. The molecule has 0 bridgehead atoms. The zero-order valence-electron chi connectivity index (χ0n) is 9.04. The first-order valence-corrected chi connectivity index (χ1v) is 6.90. The molecule has 0 aromatic carbocycles. The molecule has 0 aliphatic heterocycles. The van der Waals surface area contributed by atoms with Crippen molar-refractivity contribution >= 4 is 31.9 Å². The summed E-state index contributed by atoms with van der Waals surface area (Å²) in [6.07, 6.45) is 4.31. The largest absolute Gasteiger partial charge is 0.474 e. The Labute approximate surface area is 112 Å². The van der Waals surface area contributed by atoms with E-state index in [1.54, 1.807) is 6.20 Å². The molecule has 0 spiro atoms. The average Bonchev–Trinajstić information content (AvgIpc) is 2.18. The quantitative estimate of drug-likeness (QED) is 0.907. The SMILES string of the molecule is CNCC1CC(Oc2ncc(Br)cc2Br)C1. The van der Waals surface area contributed by atoms with Crippen LogP contribution in [0.15, 0.2) is 21.2 Å². The van der Waals surface area contributed by atoms with Crippen molar-refractivity contribution in [3.05, 3.63) is 21.2 Å². The molecule has 16 heavy (non-hydrogen) atoms. The Morgan fingerprint density at radius 1 is 1.50 bits per heavy atom. The van der Waals surface area contributed by atoms with Gasteiger partial charge in [-0.15, -0.1) is 0 Å². The molecule has 1 fully saturated rings. The molecule has 1 aliphatic carbocycles. The number of nitrogens with zero attached hydrogens (tertiary/aromatic N) is 1. The van der Waals surface area contributed by atoms with Crippen molar-refractivity contribution in [3.8, 4) is 5.88 Å². The van der Waals surface area contributed by atoms with Crippen molar-refractivity contribution in [1.82, 2.24) is 10.3 Å². The van der Waals surface area contributed by atoms with Crippen molar-refractivity contribution in [2.45, 2.75) is 18.9 Å². The molecular weight excluding hydrogens is 336 g/mol. The zero-order chi connectivity index (χ0) is 11.5. The highest BCUT2D eigenvalue weighted by molar-refractivity contribution is 9.11. The Kier molecular flexibility index (Phi) is 4.21. The smallest absolute Gasteiger partial charge is 0.228 e. The topological polar surface area (TPSA) is 34.1 Å². The van der Waals surface area contributed by atoms with E-state index in [0.29, 0.717) is 12.0 Å². The fourth-order valence-corrected chi connectivity index (χ4v) is 2.95. The van der Waals surface area contributed by atoms with Gasteiger partial charge in [-0.25, -0.2) is 4.98 Å². The first kappa shape index (κ1) is 12.3. The van der Waals surface area contributed by atoms with Crippen molar-refractivity contribution in [2.24, 2.45) is 5.92 Å². The monoisotopic (exact) mass is 348 g/mol. The summed E-state index contributed by atoms with van der Waals surface area (Å²) < 4.78 is 7.66. The molecule has 0 radical (unpaired) electrons. The van der Waals surface area contributed by atoms with Crippen LogP contribution in [0.3, 0.4) is 0 Å². The number of pyridine rings is 1. The predicted octanol–water partition coefficient (Wildman–Crippen LogP) is 2.98. The van der Waals surface area contributed by atoms with Crippen molar-refractivity contribution in [1.29, 1.82) is 0 Å². The van der Waals surface area contributed by atoms with E-state index in [2.05, 4.69) is 42.2 Å². The van der Waals surface area contributed by atoms with Gasteiger partial charge in [-0.1, -0.05) is 0 Å². The lowest BCUT2D eigenvalue weighted by molar-refractivity contribution is 0.0609. The Morgan fingerprint density at radius 2 is 2.25 bits per heavy atom. The molecule has 0 unspecified atom stereocenters. The van der Waals surface area contributed by atoms with E-state index < -0.39 is 0 Å². The Balaban J connectivity index is 1.87. The third-order valence-corrected chi connectivity index (χ3v) is 3.74. The van der Waals surface area contributed by atoms with Crippen LogP contribution in [-0.2, 0) is 0 Å². The van der Waals surface area contributed by atoms with Crippen molar-refractivity contribution in [2.75, 3.05) is 13.6 Å². The van der Waals surface area contributed by atoms with Crippen LogP contribution in [0.25, 0.3) is 0 Å². The Morgan fingerprint density at radius 3 is 2.88 bits per heavy atom. The van der Waals surface area contributed by atoms with E-state index in [0.717, 1.165) is 34.2 Å². The fraction of sp³-hybridized carbons (Fsp3) is 0.545. The summed E-state index contributed by atoms with van der Waals surface area (Å²) in [5, 5.41) is 3.19. The van der Waals surface area contributed by atoms with E-state index >= 15 is 0 Å². The normalized spacial score (nSPS) is 23.9. The Hall–Kier alpha value is -0.130. The highest BCUT2D eigenvalue weighted by Crippen LogP contribution is 2.33. The van der Waals surface area contributed by atoms with Gasteiger partial charge in [-0.2, -0.15) is 0 Å². The van der Waals surface area contributed by atoms with Gasteiger partial charge in [0.2, 0.25) is 5.88 Å². The number of nitrogens with one attached hydrogen (secondary N) is 1. The number of rotatable bonds is 4. The van der Waals surface area contributed by atoms with E-state index in [1.807, 2.05) is 13.1 Å². The maximum absolute atomic E-state index is 5.81. The molecule has 1 aliphatic rings. The van der Waals surface area contributed by atoms with Gasteiger partial charge in [0.25, 0.3) is 0 Å². The third-order valence-electron chi connectivity index (χ3n) is 2.74. The lowest BCUT2D eigenvalue weighted by Gasteiger charge is -2.35. The van der Waals surface area contributed by atoms with Crippen LogP contribution < -0.4 is 10.1 Å². The van der Waals surface area contributed by atoms with Crippen LogP contribution in [0.1, 0.15) is 12.8 Å². The molecule has 0 atom stereocenters. The molecular formula is C11H14Br2N2O. The second-order valence-electron chi connectivity index (χ2n) is 4.08. The molecule has 0 saturated heterocycles. The minimum Gasteiger partial charge on any atom is -0.474 e. The molecule has 1 N–H and O–H groups in total. The second kappa shape index (κ2) is 5.47. The number of hydrogen-bond acceptors (Lipinski definition) is 3. The third kappa shape index (κ3) is 2.96. The van der Waals surface area contributed by atoms with Crippen LogP contribution in [0.2, 0.25) is 0 Å². The minimum absolute atomic E-state index is 0.323. The summed E-state index contributed by atoms with van der Waals surface area (Å²) in [5.41, 5.74) is 0. The first-order chi connectivity index (χ1) is 7.69. The number of hydrogen-bond donors (Lipinski definition) is 1. The van der Waals surface area contributed by atoms with E-state index in [9.17, 15) is 0 Å². The molecule has 1 saturated carbocycles. The van der Waals surface area contributed by atoms with E-state index in [4.69, 9.17) is 4.74 Å². The minimum atomic E-state index is 0.323. The molecule has 3 nitrogen and oxygen atoms in total. The van der Waals surface area contributed by atoms with Gasteiger partial charge in [-0.05, 0) is 70.3 Å². The first-order valence-electron chi connectivity index (χ1n) is 5.31. The van der Waals surface area contributed by atoms with Gasteiger partial charge < -0.3 is 10.1 Å². The van der Waals surface area contributed by atoms with Crippen LogP contribution >= 0.6 is 31.9 Å². The van der Waals surface area contributed by atoms with E-state index in [-0.39, 0.29) is 0 Å². The van der Waals surface area contributed by atoms with Crippen LogP contribution in [-0.4, -0.2) is 24.7 Å². The van der Waals surface area contributed by atoms with Gasteiger partial charge >= 0.3 is 0 Å². The summed E-state index contributed by atoms with van der Waals surface area (Å²) in [6.45, 7) is 1.08. The van der Waals surface area contributed by atoms with Crippen LogP contribution in [0.5, 0.6) is 5.88 Å². The van der Waals surface area contributed by atoms with Crippen LogP contribution in [0.4, 0.5) is 0 Å². The summed E-state index contributed by atoms with van der Waals surface area (Å²) in [7, 11) is 1.99. The zero-order valence-corrected chi connectivity index (χ0v) is 12.2. The molecule has 0 amide bonds. The lowest BCUT2D eigenvalue weighted by Crippen LogP contribution is -2.38. The van der Waals surface area contributed by atoms with Crippen molar-refractivity contribution in [3.63, 3.8) is 0 Å². The van der Waals surface area contributed by atoms with E-state index in [1.165, 1.54) is 0 Å². The average molecular weight is 350 g/mol. The van der Waals surface area contributed by atoms with Gasteiger partial charge in [0.15, 0.2) is 0 Å². The highest BCUT2D eigenvalue weighted by Gasteiger charge is 2.30.